The van der Waals surface area contributed by atoms with Gasteiger partial charge in [-0.3, -0.25) is 19.3 Å². The summed E-state index contributed by atoms with van der Waals surface area (Å²) in [6.07, 6.45) is 1.64. The first-order valence-electron chi connectivity index (χ1n) is 11.5. The number of anilines is 1. The van der Waals surface area contributed by atoms with Crippen molar-refractivity contribution in [3.05, 3.63) is 93.3 Å². The molecule has 0 bridgehead atoms. The lowest BCUT2D eigenvalue weighted by Gasteiger charge is -2.14. The van der Waals surface area contributed by atoms with Crippen LogP contribution in [0.3, 0.4) is 0 Å². The summed E-state index contributed by atoms with van der Waals surface area (Å²) in [5, 5.41) is 2.96. The molecule has 0 spiro atoms. The predicted molar refractivity (Wildman–Crippen MR) is 146 cm³/mol. The molecule has 4 rings (SSSR count). The van der Waals surface area contributed by atoms with Crippen LogP contribution in [0.4, 0.5) is 10.5 Å². The Morgan fingerprint density at radius 2 is 1.81 bits per heavy atom. The molecule has 3 amide bonds. The molecule has 3 aromatic carbocycles. The number of carbonyl (C=O) groups excluding carboxylic acids is 3. The van der Waals surface area contributed by atoms with E-state index in [4.69, 9.17) is 21.1 Å². The van der Waals surface area contributed by atoms with Gasteiger partial charge in [0.1, 0.15) is 18.1 Å². The molecule has 1 aliphatic rings. The highest BCUT2D eigenvalue weighted by Crippen LogP contribution is 2.32. The van der Waals surface area contributed by atoms with Crippen molar-refractivity contribution in [2.24, 2.45) is 0 Å². The standard InChI is InChI=1S/C28H25ClN2O5S/c1-18-6-7-19(2)24(14-18)35-13-12-31-27(33)25(37-28(31)34)16-20-4-3-5-23(15-20)36-17-26(32)30-22-10-8-21(29)9-11-22/h3-11,14-16H,12-13,17H2,1-2H3,(H,30,32)/b25-16-. The van der Waals surface area contributed by atoms with Crippen molar-refractivity contribution in [1.29, 1.82) is 0 Å². The molecule has 190 valence electrons. The van der Waals surface area contributed by atoms with Crippen LogP contribution in [0.15, 0.2) is 71.6 Å². The third kappa shape index (κ3) is 7.15. The number of amides is 3. The van der Waals surface area contributed by atoms with Crippen molar-refractivity contribution >= 4 is 52.2 Å². The van der Waals surface area contributed by atoms with Gasteiger partial charge in [-0.25, -0.2) is 0 Å². The molecule has 0 saturated carbocycles. The molecule has 0 aliphatic carbocycles. The van der Waals surface area contributed by atoms with Crippen LogP contribution in [0.5, 0.6) is 11.5 Å². The average molecular weight is 537 g/mol. The number of thioether (sulfide) groups is 1. The molecule has 37 heavy (non-hydrogen) atoms. The van der Waals surface area contributed by atoms with E-state index in [0.29, 0.717) is 26.9 Å². The van der Waals surface area contributed by atoms with Crippen molar-refractivity contribution in [3.63, 3.8) is 0 Å². The number of rotatable bonds is 9. The Kier molecular flexibility index (Phi) is 8.53. The number of imide groups is 1. The SMILES string of the molecule is Cc1ccc(C)c(OCCN2C(=O)S/C(=C\c3cccc(OCC(=O)Nc4ccc(Cl)cc4)c3)C2=O)c1. The predicted octanol–water partition coefficient (Wildman–Crippen LogP) is 6.09. The number of nitrogens with one attached hydrogen (secondary N) is 1. The fraction of sp³-hybridized carbons (Fsp3) is 0.179. The van der Waals surface area contributed by atoms with Crippen LogP contribution in [0.2, 0.25) is 5.02 Å². The van der Waals surface area contributed by atoms with Crippen LogP contribution in [0.1, 0.15) is 16.7 Å². The van der Waals surface area contributed by atoms with Gasteiger partial charge in [0.2, 0.25) is 0 Å². The van der Waals surface area contributed by atoms with Gasteiger partial charge in [-0.2, -0.15) is 0 Å². The van der Waals surface area contributed by atoms with Crippen LogP contribution >= 0.6 is 23.4 Å². The van der Waals surface area contributed by atoms with Gasteiger partial charge in [-0.05, 0) is 90.8 Å². The largest absolute Gasteiger partial charge is 0.491 e. The van der Waals surface area contributed by atoms with Gasteiger partial charge in [0.15, 0.2) is 6.61 Å². The molecule has 0 aromatic heterocycles. The quantitative estimate of drug-likeness (QED) is 0.333. The molecule has 1 N–H and O–H groups in total. The van der Waals surface area contributed by atoms with Crippen LogP contribution < -0.4 is 14.8 Å². The Labute approximate surface area is 224 Å². The minimum absolute atomic E-state index is 0.154. The van der Waals surface area contributed by atoms with Crippen LogP contribution in [-0.2, 0) is 9.59 Å². The number of nitrogens with zero attached hydrogens (tertiary/aromatic N) is 1. The molecule has 1 saturated heterocycles. The molecule has 9 heteroatoms. The van der Waals surface area contributed by atoms with Gasteiger partial charge >= 0.3 is 0 Å². The average Bonchev–Trinajstić information content (AvgIpc) is 3.14. The highest BCUT2D eigenvalue weighted by Gasteiger charge is 2.34. The van der Waals surface area contributed by atoms with Crippen molar-refractivity contribution in [1.82, 2.24) is 4.90 Å². The van der Waals surface area contributed by atoms with Crippen LogP contribution in [0, 0.1) is 13.8 Å². The maximum atomic E-state index is 12.8. The first kappa shape index (κ1) is 26.3. The summed E-state index contributed by atoms with van der Waals surface area (Å²) in [5.74, 6) is 0.507. The number of hydrogen-bond donors (Lipinski definition) is 1. The number of carbonyl (C=O) groups is 3. The highest BCUT2D eigenvalue weighted by molar-refractivity contribution is 8.18. The lowest BCUT2D eigenvalue weighted by atomic mass is 10.1. The second kappa shape index (κ2) is 12.0. The number of benzene rings is 3. The van der Waals surface area contributed by atoms with Crippen molar-refractivity contribution < 1.29 is 23.9 Å². The zero-order valence-corrected chi connectivity index (χ0v) is 21.9. The molecule has 0 atom stereocenters. The fourth-order valence-corrected chi connectivity index (χ4v) is 4.52. The third-order valence-electron chi connectivity index (χ3n) is 5.44. The highest BCUT2D eigenvalue weighted by atomic mass is 35.5. The number of ether oxygens (including phenoxy) is 2. The van der Waals surface area contributed by atoms with E-state index in [1.807, 2.05) is 32.0 Å². The fourth-order valence-electron chi connectivity index (χ4n) is 3.53. The van der Waals surface area contributed by atoms with Crippen molar-refractivity contribution in [2.75, 3.05) is 25.1 Å². The Morgan fingerprint density at radius 1 is 1.03 bits per heavy atom. The number of aryl methyl sites for hydroxylation is 2. The van der Waals surface area contributed by atoms with E-state index in [2.05, 4.69) is 5.32 Å². The van der Waals surface area contributed by atoms with E-state index in [0.717, 1.165) is 28.6 Å². The normalized spacial score (nSPS) is 14.2. The summed E-state index contributed by atoms with van der Waals surface area (Å²) in [7, 11) is 0. The zero-order valence-electron chi connectivity index (χ0n) is 20.3. The van der Waals surface area contributed by atoms with E-state index in [-0.39, 0.29) is 36.8 Å². The van der Waals surface area contributed by atoms with E-state index < -0.39 is 0 Å². The summed E-state index contributed by atoms with van der Waals surface area (Å²) in [4.78, 5) is 39.0. The van der Waals surface area contributed by atoms with Crippen molar-refractivity contribution in [2.45, 2.75) is 13.8 Å². The minimum Gasteiger partial charge on any atom is -0.491 e. The van der Waals surface area contributed by atoms with E-state index in [9.17, 15) is 14.4 Å². The monoisotopic (exact) mass is 536 g/mol. The van der Waals surface area contributed by atoms with Gasteiger partial charge in [0, 0.05) is 10.7 Å². The Hall–Kier alpha value is -3.75. The van der Waals surface area contributed by atoms with Gasteiger partial charge in [-0.15, -0.1) is 0 Å². The molecule has 1 fully saturated rings. The molecular weight excluding hydrogens is 512 g/mol. The number of hydrogen-bond acceptors (Lipinski definition) is 6. The maximum Gasteiger partial charge on any atom is 0.293 e. The topological polar surface area (TPSA) is 84.9 Å². The van der Waals surface area contributed by atoms with Crippen LogP contribution in [0.25, 0.3) is 6.08 Å². The van der Waals surface area contributed by atoms with Gasteiger partial charge < -0.3 is 14.8 Å². The Morgan fingerprint density at radius 3 is 2.59 bits per heavy atom. The van der Waals surface area contributed by atoms with E-state index >= 15 is 0 Å². The van der Waals surface area contributed by atoms with Gasteiger partial charge in [-0.1, -0.05) is 35.9 Å². The van der Waals surface area contributed by atoms with Gasteiger partial charge in [0.05, 0.1) is 11.4 Å². The molecule has 0 unspecified atom stereocenters. The lowest BCUT2D eigenvalue weighted by Crippen LogP contribution is -2.32. The lowest BCUT2D eigenvalue weighted by molar-refractivity contribution is -0.123. The second-order valence-electron chi connectivity index (χ2n) is 8.37. The summed E-state index contributed by atoms with van der Waals surface area (Å²) >= 11 is 6.74. The molecule has 1 aliphatic heterocycles. The summed E-state index contributed by atoms with van der Waals surface area (Å²) in [5.41, 5.74) is 3.35. The maximum absolute atomic E-state index is 12.8. The third-order valence-corrected chi connectivity index (χ3v) is 6.60. The smallest absolute Gasteiger partial charge is 0.293 e. The number of halogens is 1. The van der Waals surface area contributed by atoms with E-state index in [1.54, 1.807) is 54.6 Å². The summed E-state index contributed by atoms with van der Waals surface area (Å²) in [6, 6.07) is 19.6. The molecule has 1 heterocycles. The minimum atomic E-state index is -0.367. The zero-order chi connectivity index (χ0) is 26.4. The molecule has 3 aromatic rings. The van der Waals surface area contributed by atoms with E-state index in [1.165, 1.54) is 4.90 Å². The Balaban J connectivity index is 1.32. The van der Waals surface area contributed by atoms with Gasteiger partial charge in [0.25, 0.3) is 17.1 Å². The second-order valence-corrected chi connectivity index (χ2v) is 9.80. The summed E-state index contributed by atoms with van der Waals surface area (Å²) < 4.78 is 11.4. The Bertz CT molecular complexity index is 1360. The van der Waals surface area contributed by atoms with Crippen LogP contribution in [-0.4, -0.2) is 41.7 Å². The molecule has 0 radical (unpaired) electrons. The first-order chi connectivity index (χ1) is 17.8. The molecule has 7 nitrogen and oxygen atoms in total. The summed E-state index contributed by atoms with van der Waals surface area (Å²) in [6.45, 7) is 4.09. The molecular formula is C28H25ClN2O5S. The van der Waals surface area contributed by atoms with Crippen molar-refractivity contribution in [3.8, 4) is 11.5 Å². The first-order valence-corrected chi connectivity index (χ1v) is 12.7.